The van der Waals surface area contributed by atoms with Crippen molar-refractivity contribution in [1.82, 2.24) is 0 Å². The van der Waals surface area contributed by atoms with Crippen molar-refractivity contribution in [2.75, 3.05) is 7.11 Å². The minimum absolute atomic E-state index is 0.0656. The quantitative estimate of drug-likeness (QED) is 0.771. The molecule has 0 bridgehead atoms. The van der Waals surface area contributed by atoms with Gasteiger partial charge >= 0.3 is 7.40 Å². The van der Waals surface area contributed by atoms with Crippen LogP contribution < -0.4 is 4.74 Å². The summed E-state index contributed by atoms with van der Waals surface area (Å²) in [7, 11) is -1.21. The van der Waals surface area contributed by atoms with Gasteiger partial charge in [0, 0.05) is 11.6 Å². The Morgan fingerprint density at radius 2 is 1.94 bits per heavy atom. The molecule has 0 radical (unpaired) electrons. The molecule has 0 saturated carbocycles. The SMILES string of the molecule is C=C1OC(c2ccc(OC)cc2)=CC1=NB(F)F. The molecule has 1 aromatic carbocycles. The number of methoxy groups -OCH3 is 1. The Kier molecular flexibility index (Phi) is 3.46. The monoisotopic (exact) mass is 249 g/mol. The molecule has 1 aliphatic heterocycles. The van der Waals surface area contributed by atoms with Gasteiger partial charge in [0.25, 0.3) is 0 Å². The second kappa shape index (κ2) is 5.04. The molecule has 3 nitrogen and oxygen atoms in total. The van der Waals surface area contributed by atoms with Crippen LogP contribution in [0.15, 0.2) is 47.6 Å². The van der Waals surface area contributed by atoms with Crippen LogP contribution in [0.3, 0.4) is 0 Å². The van der Waals surface area contributed by atoms with Gasteiger partial charge in [-0.1, -0.05) is 6.58 Å². The van der Waals surface area contributed by atoms with E-state index in [0.717, 1.165) is 5.56 Å². The molecule has 0 unspecified atom stereocenters. The van der Waals surface area contributed by atoms with Gasteiger partial charge in [-0.25, -0.2) is 0 Å². The zero-order valence-electron chi connectivity index (χ0n) is 9.69. The number of hydrogen-bond acceptors (Lipinski definition) is 3. The first-order chi connectivity index (χ1) is 8.60. The van der Waals surface area contributed by atoms with Crippen molar-refractivity contribution >= 4 is 18.9 Å². The van der Waals surface area contributed by atoms with E-state index in [1.54, 1.807) is 31.4 Å². The largest absolute Gasteiger partial charge is 0.693 e. The fourth-order valence-corrected chi connectivity index (χ4v) is 1.53. The van der Waals surface area contributed by atoms with Crippen molar-refractivity contribution in [2.45, 2.75) is 0 Å². The van der Waals surface area contributed by atoms with Crippen LogP contribution >= 0.6 is 0 Å². The van der Waals surface area contributed by atoms with E-state index < -0.39 is 7.40 Å². The van der Waals surface area contributed by atoms with Gasteiger partial charge in [0.1, 0.15) is 17.3 Å². The number of halogens is 2. The number of hydrogen-bond donors (Lipinski definition) is 0. The Labute approximate surface area is 104 Å². The first kappa shape index (κ1) is 12.4. The number of nitrogens with zero attached hydrogens (tertiary/aromatic N) is 1. The normalized spacial score (nSPS) is 16.5. The number of allylic oxidation sites excluding steroid dienone is 1. The van der Waals surface area contributed by atoms with Crippen molar-refractivity contribution in [3.05, 3.63) is 48.2 Å². The van der Waals surface area contributed by atoms with Crippen LogP contribution in [0.5, 0.6) is 5.75 Å². The van der Waals surface area contributed by atoms with Gasteiger partial charge in [0.15, 0.2) is 0 Å². The molecule has 0 amide bonds. The topological polar surface area (TPSA) is 30.8 Å². The molecule has 2 rings (SSSR count). The molecule has 0 aliphatic carbocycles. The van der Waals surface area contributed by atoms with Crippen LogP contribution in [-0.2, 0) is 4.74 Å². The van der Waals surface area contributed by atoms with E-state index in [1.807, 2.05) is 0 Å². The maximum atomic E-state index is 12.2. The molecular formula is C12H10BF2NO2. The van der Waals surface area contributed by atoms with Crippen LogP contribution in [0.25, 0.3) is 5.76 Å². The predicted octanol–water partition coefficient (Wildman–Crippen LogP) is 2.94. The number of rotatable bonds is 3. The second-order valence-electron chi connectivity index (χ2n) is 3.55. The van der Waals surface area contributed by atoms with E-state index in [9.17, 15) is 8.63 Å². The smallest absolute Gasteiger partial charge is 0.497 e. The van der Waals surface area contributed by atoms with Crippen molar-refractivity contribution in [1.29, 1.82) is 0 Å². The number of ether oxygens (including phenoxy) is 2. The highest BCUT2D eigenvalue weighted by molar-refractivity contribution is 6.44. The summed E-state index contributed by atoms with van der Waals surface area (Å²) < 4.78 is 34.6. The summed E-state index contributed by atoms with van der Waals surface area (Å²) in [6.07, 6.45) is 1.44. The van der Waals surface area contributed by atoms with E-state index in [4.69, 9.17) is 9.47 Å². The molecule has 0 aromatic heterocycles. The Morgan fingerprint density at radius 3 is 2.50 bits per heavy atom. The lowest BCUT2D eigenvalue weighted by Crippen LogP contribution is -2.00. The third-order valence-electron chi connectivity index (χ3n) is 2.40. The van der Waals surface area contributed by atoms with Gasteiger partial charge in [-0.2, -0.15) is 0 Å². The summed E-state index contributed by atoms with van der Waals surface area (Å²) in [5.41, 5.74) is 0.812. The van der Waals surface area contributed by atoms with Crippen molar-refractivity contribution in [3.63, 3.8) is 0 Å². The predicted molar refractivity (Wildman–Crippen MR) is 66.6 cm³/mol. The number of benzene rings is 1. The summed E-state index contributed by atoms with van der Waals surface area (Å²) in [5, 5.41) is 0. The average molecular weight is 249 g/mol. The molecular weight excluding hydrogens is 239 g/mol. The highest BCUT2D eigenvalue weighted by atomic mass is 19.2. The molecule has 0 saturated heterocycles. The summed E-state index contributed by atoms with van der Waals surface area (Å²) in [6.45, 7) is 3.54. The van der Waals surface area contributed by atoms with E-state index in [2.05, 4.69) is 11.5 Å². The lowest BCUT2D eigenvalue weighted by atomic mass is 10.1. The standard InChI is InChI=1S/C12H10BF2NO2/c1-8-11(16-13(14)15)7-12(18-8)9-3-5-10(17-2)6-4-9/h3-7H,1H2,2H3. The van der Waals surface area contributed by atoms with Crippen LogP contribution in [0.2, 0.25) is 0 Å². The Hall–Kier alpha value is -2.11. The maximum Gasteiger partial charge on any atom is 0.693 e. The molecule has 92 valence electrons. The van der Waals surface area contributed by atoms with Gasteiger partial charge in [-0.05, 0) is 24.3 Å². The fraction of sp³-hybridized carbons (Fsp3) is 0.0833. The summed E-state index contributed by atoms with van der Waals surface area (Å²) >= 11 is 0. The third kappa shape index (κ3) is 2.59. The van der Waals surface area contributed by atoms with E-state index >= 15 is 0 Å². The van der Waals surface area contributed by atoms with E-state index in [1.165, 1.54) is 6.08 Å². The van der Waals surface area contributed by atoms with Crippen molar-refractivity contribution in [3.8, 4) is 5.75 Å². The minimum atomic E-state index is -2.77. The first-order valence-electron chi connectivity index (χ1n) is 5.19. The average Bonchev–Trinajstić information content (AvgIpc) is 2.70. The molecule has 1 heterocycles. The molecule has 6 heteroatoms. The Bertz CT molecular complexity index is 523. The lowest BCUT2D eigenvalue weighted by Gasteiger charge is -2.04. The summed E-state index contributed by atoms with van der Waals surface area (Å²) in [5.74, 6) is 1.28. The van der Waals surface area contributed by atoms with E-state index in [-0.39, 0.29) is 11.5 Å². The maximum absolute atomic E-state index is 12.2. The summed E-state index contributed by atoms with van der Waals surface area (Å²) in [4.78, 5) is 3.12. The van der Waals surface area contributed by atoms with E-state index in [0.29, 0.717) is 11.5 Å². The van der Waals surface area contributed by atoms with Gasteiger partial charge in [-0.3, -0.25) is 13.5 Å². The highest BCUT2D eigenvalue weighted by Crippen LogP contribution is 2.27. The van der Waals surface area contributed by atoms with Gasteiger partial charge in [-0.15, -0.1) is 0 Å². The zero-order chi connectivity index (χ0) is 13.1. The Balaban J connectivity index is 2.26. The highest BCUT2D eigenvalue weighted by Gasteiger charge is 2.21. The Morgan fingerprint density at radius 1 is 1.28 bits per heavy atom. The molecule has 18 heavy (non-hydrogen) atoms. The zero-order valence-corrected chi connectivity index (χ0v) is 9.69. The second-order valence-corrected chi connectivity index (χ2v) is 3.55. The molecule has 0 fully saturated rings. The first-order valence-corrected chi connectivity index (χ1v) is 5.19. The molecule has 0 N–H and O–H groups in total. The minimum Gasteiger partial charge on any atom is -0.497 e. The van der Waals surface area contributed by atoms with Gasteiger partial charge in [0.05, 0.1) is 12.8 Å². The molecule has 1 aromatic rings. The molecule has 1 aliphatic rings. The van der Waals surface area contributed by atoms with Gasteiger partial charge < -0.3 is 9.47 Å². The van der Waals surface area contributed by atoms with Crippen LogP contribution in [0.1, 0.15) is 5.56 Å². The lowest BCUT2D eigenvalue weighted by molar-refractivity contribution is 0.413. The molecule has 0 atom stereocenters. The fourth-order valence-electron chi connectivity index (χ4n) is 1.53. The van der Waals surface area contributed by atoms with Crippen LogP contribution in [0, 0.1) is 0 Å². The van der Waals surface area contributed by atoms with Crippen LogP contribution in [0.4, 0.5) is 8.63 Å². The van der Waals surface area contributed by atoms with Crippen LogP contribution in [-0.4, -0.2) is 20.2 Å². The van der Waals surface area contributed by atoms with Crippen molar-refractivity contribution in [2.24, 2.45) is 4.90 Å². The summed E-state index contributed by atoms with van der Waals surface area (Å²) in [6, 6.07) is 7.04. The van der Waals surface area contributed by atoms with Crippen molar-refractivity contribution < 1.29 is 18.1 Å². The van der Waals surface area contributed by atoms with Gasteiger partial charge in [0.2, 0.25) is 0 Å². The third-order valence-corrected chi connectivity index (χ3v) is 2.40. The molecule has 0 spiro atoms.